The van der Waals surface area contributed by atoms with Crippen LogP contribution in [0.15, 0.2) is 0 Å². The van der Waals surface area contributed by atoms with E-state index >= 15 is 0 Å². The number of nitrogens with one attached hydrogen (secondary N) is 1. The van der Waals surface area contributed by atoms with E-state index in [4.69, 9.17) is 0 Å². The van der Waals surface area contributed by atoms with Crippen molar-refractivity contribution < 1.29 is 12.8 Å². The van der Waals surface area contributed by atoms with Gasteiger partial charge in [-0.25, -0.2) is 8.42 Å². The highest BCUT2D eigenvalue weighted by Gasteiger charge is 2.26. The molecule has 5 heteroatoms. The van der Waals surface area contributed by atoms with E-state index in [9.17, 15) is 12.8 Å². The summed E-state index contributed by atoms with van der Waals surface area (Å²) in [5.41, 5.74) is 0. The second-order valence-electron chi connectivity index (χ2n) is 3.36. The lowest BCUT2D eigenvalue weighted by Gasteiger charge is -2.22. The summed E-state index contributed by atoms with van der Waals surface area (Å²) in [5.74, 6) is 0.00810. The molecular formula is C8H16FNO2S. The van der Waals surface area contributed by atoms with Gasteiger partial charge in [0.05, 0.1) is 17.7 Å². The van der Waals surface area contributed by atoms with Crippen LogP contribution in [0.25, 0.3) is 0 Å². The lowest BCUT2D eigenvalue weighted by molar-refractivity contribution is 0.473. The Morgan fingerprint density at radius 3 is 2.46 bits per heavy atom. The van der Waals surface area contributed by atoms with Crippen molar-refractivity contribution in [2.24, 2.45) is 0 Å². The molecule has 0 unspecified atom stereocenters. The number of piperidine rings is 1. The maximum Gasteiger partial charge on any atom is 0.153 e. The fraction of sp³-hybridized carbons (Fsp3) is 1.00. The topological polar surface area (TPSA) is 46.2 Å². The van der Waals surface area contributed by atoms with Gasteiger partial charge in [0.2, 0.25) is 0 Å². The standard InChI is InChI=1S/C8H16FNO2S/c9-4-1-7-13(11,12)8-2-5-10-6-3-8/h8,10H,1-7H2. The van der Waals surface area contributed by atoms with Crippen LogP contribution >= 0.6 is 0 Å². The number of hydrogen-bond acceptors (Lipinski definition) is 3. The van der Waals surface area contributed by atoms with Crippen LogP contribution < -0.4 is 5.32 Å². The molecule has 0 aliphatic carbocycles. The zero-order valence-electron chi connectivity index (χ0n) is 7.63. The van der Waals surface area contributed by atoms with E-state index in [1.807, 2.05) is 0 Å². The Bertz CT molecular complexity index is 235. The predicted molar refractivity (Wildman–Crippen MR) is 50.3 cm³/mol. The summed E-state index contributed by atoms with van der Waals surface area (Å²) in [6.07, 6.45) is 1.50. The molecule has 13 heavy (non-hydrogen) atoms. The minimum Gasteiger partial charge on any atom is -0.317 e. The van der Waals surface area contributed by atoms with Gasteiger partial charge in [-0.15, -0.1) is 0 Å². The van der Waals surface area contributed by atoms with Crippen molar-refractivity contribution in [2.75, 3.05) is 25.5 Å². The maximum absolute atomic E-state index is 11.8. The SMILES string of the molecule is O=S(=O)(CCCF)C1CCNCC1. The van der Waals surface area contributed by atoms with Crippen LogP contribution in [-0.4, -0.2) is 39.2 Å². The number of halogens is 1. The minimum atomic E-state index is -3.03. The molecule has 0 radical (unpaired) electrons. The number of hydrogen-bond donors (Lipinski definition) is 1. The van der Waals surface area contributed by atoms with Crippen molar-refractivity contribution in [1.29, 1.82) is 0 Å². The van der Waals surface area contributed by atoms with Crippen LogP contribution in [0.2, 0.25) is 0 Å². The van der Waals surface area contributed by atoms with Crippen LogP contribution in [0.4, 0.5) is 4.39 Å². The number of rotatable bonds is 4. The molecule has 0 amide bonds. The Morgan fingerprint density at radius 2 is 1.92 bits per heavy atom. The average molecular weight is 209 g/mol. The summed E-state index contributed by atoms with van der Waals surface area (Å²) in [6.45, 7) is 0.989. The zero-order valence-corrected chi connectivity index (χ0v) is 8.45. The number of alkyl halides is 1. The van der Waals surface area contributed by atoms with E-state index in [-0.39, 0.29) is 17.4 Å². The van der Waals surface area contributed by atoms with Crippen LogP contribution in [0.1, 0.15) is 19.3 Å². The first kappa shape index (κ1) is 10.9. The second-order valence-corrected chi connectivity index (χ2v) is 5.76. The zero-order chi connectivity index (χ0) is 9.73. The third-order valence-electron chi connectivity index (χ3n) is 2.36. The van der Waals surface area contributed by atoms with E-state index in [0.29, 0.717) is 12.8 Å². The predicted octanol–water partition coefficient (Wildman–Crippen LogP) is 0.513. The third-order valence-corrected chi connectivity index (χ3v) is 4.70. The van der Waals surface area contributed by atoms with Crippen LogP contribution in [0.5, 0.6) is 0 Å². The molecule has 0 aromatic rings. The van der Waals surface area contributed by atoms with Crippen molar-refractivity contribution in [3.8, 4) is 0 Å². The van der Waals surface area contributed by atoms with Gasteiger partial charge < -0.3 is 5.32 Å². The van der Waals surface area contributed by atoms with Crippen molar-refractivity contribution in [1.82, 2.24) is 5.32 Å². The summed E-state index contributed by atoms with van der Waals surface area (Å²) in [7, 11) is -3.03. The molecule has 1 heterocycles. The van der Waals surface area contributed by atoms with Gasteiger partial charge in [0.15, 0.2) is 9.84 Å². The highest BCUT2D eigenvalue weighted by Crippen LogP contribution is 2.14. The van der Waals surface area contributed by atoms with Gasteiger partial charge in [-0.2, -0.15) is 0 Å². The molecule has 78 valence electrons. The Morgan fingerprint density at radius 1 is 1.31 bits per heavy atom. The summed E-state index contributed by atoms with van der Waals surface area (Å²) in [4.78, 5) is 0. The lowest BCUT2D eigenvalue weighted by Crippen LogP contribution is -2.36. The fourth-order valence-corrected chi connectivity index (χ4v) is 3.38. The highest BCUT2D eigenvalue weighted by molar-refractivity contribution is 7.92. The fourth-order valence-electron chi connectivity index (χ4n) is 1.58. The molecule has 0 saturated carbocycles. The first-order chi connectivity index (χ1) is 6.17. The third kappa shape index (κ3) is 3.23. The van der Waals surface area contributed by atoms with Gasteiger partial charge in [-0.05, 0) is 32.4 Å². The Balaban J connectivity index is 2.47. The quantitative estimate of drug-likeness (QED) is 0.734. The lowest BCUT2D eigenvalue weighted by atomic mass is 10.2. The molecule has 1 aliphatic heterocycles. The molecule has 0 aromatic heterocycles. The molecule has 0 bridgehead atoms. The highest BCUT2D eigenvalue weighted by atomic mass is 32.2. The van der Waals surface area contributed by atoms with E-state index < -0.39 is 16.5 Å². The first-order valence-corrected chi connectivity index (χ1v) is 6.36. The average Bonchev–Trinajstić information content (AvgIpc) is 2.16. The van der Waals surface area contributed by atoms with Gasteiger partial charge in [-0.3, -0.25) is 4.39 Å². The van der Waals surface area contributed by atoms with Crippen molar-refractivity contribution in [3.05, 3.63) is 0 Å². The van der Waals surface area contributed by atoms with Crippen LogP contribution in [-0.2, 0) is 9.84 Å². The summed E-state index contributed by atoms with van der Waals surface area (Å²) in [6, 6.07) is 0. The van der Waals surface area contributed by atoms with E-state index in [2.05, 4.69) is 5.32 Å². The molecule has 3 nitrogen and oxygen atoms in total. The monoisotopic (exact) mass is 209 g/mol. The van der Waals surface area contributed by atoms with E-state index in [0.717, 1.165) is 13.1 Å². The van der Waals surface area contributed by atoms with Gasteiger partial charge in [-0.1, -0.05) is 0 Å². The van der Waals surface area contributed by atoms with Crippen molar-refractivity contribution in [3.63, 3.8) is 0 Å². The van der Waals surface area contributed by atoms with E-state index in [1.165, 1.54) is 0 Å². The van der Waals surface area contributed by atoms with Gasteiger partial charge in [0.1, 0.15) is 0 Å². The van der Waals surface area contributed by atoms with Gasteiger partial charge >= 0.3 is 0 Å². The van der Waals surface area contributed by atoms with Crippen LogP contribution in [0, 0.1) is 0 Å². The minimum absolute atomic E-state index is 0.00810. The maximum atomic E-state index is 11.8. The molecule has 1 saturated heterocycles. The smallest absolute Gasteiger partial charge is 0.153 e. The van der Waals surface area contributed by atoms with E-state index in [1.54, 1.807) is 0 Å². The normalized spacial score (nSPS) is 20.4. The first-order valence-electron chi connectivity index (χ1n) is 4.65. The molecule has 0 aromatic carbocycles. The van der Waals surface area contributed by atoms with Crippen molar-refractivity contribution >= 4 is 9.84 Å². The molecule has 1 N–H and O–H groups in total. The number of sulfone groups is 1. The summed E-state index contributed by atoms with van der Waals surface area (Å²) >= 11 is 0. The summed E-state index contributed by atoms with van der Waals surface area (Å²) < 4.78 is 34.9. The molecular weight excluding hydrogens is 193 g/mol. The van der Waals surface area contributed by atoms with Crippen molar-refractivity contribution in [2.45, 2.75) is 24.5 Å². The molecule has 1 aliphatic rings. The van der Waals surface area contributed by atoms with Gasteiger partial charge in [0.25, 0.3) is 0 Å². The Kier molecular flexibility index (Phi) is 4.12. The van der Waals surface area contributed by atoms with Crippen LogP contribution in [0.3, 0.4) is 0 Å². The molecule has 0 spiro atoms. The molecule has 1 rings (SSSR count). The second kappa shape index (κ2) is 4.91. The summed E-state index contributed by atoms with van der Waals surface area (Å²) in [5, 5.41) is 2.87. The Hall–Kier alpha value is -0.160. The van der Waals surface area contributed by atoms with Gasteiger partial charge in [0, 0.05) is 0 Å². The Labute approximate surface area is 78.6 Å². The molecule has 1 fully saturated rings. The molecule has 0 atom stereocenters. The largest absolute Gasteiger partial charge is 0.317 e.